The van der Waals surface area contributed by atoms with Crippen LogP contribution in [0.3, 0.4) is 0 Å². The van der Waals surface area contributed by atoms with Crippen molar-refractivity contribution < 1.29 is 9.00 Å². The second-order valence-corrected chi connectivity index (χ2v) is 12.8. The highest BCUT2D eigenvalue weighted by atomic mass is 32.2. The zero-order chi connectivity index (χ0) is 35.7. The minimum Gasteiger partial charge on any atom is -0.370 e. The topological polar surface area (TPSA) is 109 Å². The smallest absolute Gasteiger partial charge is 0.217 e. The molecule has 4 atom stereocenters. The molecule has 0 aromatic carbocycles. The number of nitrogens with one attached hydrogen (secondary N) is 2. The molecule has 1 aromatic heterocycles. The number of nitrogens with zero attached hydrogens (tertiary/aromatic N) is 2. The van der Waals surface area contributed by atoms with Crippen LogP contribution in [-0.2, 0) is 15.8 Å². The Kier molecular flexibility index (Phi) is 26.9. The summed E-state index contributed by atoms with van der Waals surface area (Å²) in [6.07, 6.45) is 16.0. The predicted molar refractivity (Wildman–Crippen MR) is 204 cm³/mol. The Morgan fingerprint density at radius 1 is 1.00 bits per heavy atom. The average Bonchev–Trinajstić information content (AvgIpc) is 3.03. The number of carbonyl (C=O) groups excluding carboxylic acids is 1. The summed E-state index contributed by atoms with van der Waals surface area (Å²) in [7, 11) is -1.05. The number of amidine groups is 1. The van der Waals surface area contributed by atoms with Crippen molar-refractivity contribution >= 4 is 28.3 Å². The lowest BCUT2D eigenvalue weighted by atomic mass is 9.87. The minimum absolute atomic E-state index is 0.0490. The number of rotatable bonds is 18. The second kappa shape index (κ2) is 27.3. The summed E-state index contributed by atoms with van der Waals surface area (Å²) in [5.74, 6) is 1.87. The van der Waals surface area contributed by atoms with Gasteiger partial charge in [-0.1, -0.05) is 85.6 Å². The van der Waals surface area contributed by atoms with Gasteiger partial charge in [-0.2, -0.15) is 0 Å². The highest BCUT2D eigenvalue weighted by Crippen LogP contribution is 2.26. The van der Waals surface area contributed by atoms with Gasteiger partial charge >= 0.3 is 0 Å². The van der Waals surface area contributed by atoms with E-state index in [-0.39, 0.29) is 11.9 Å². The molecule has 0 spiro atoms. The van der Waals surface area contributed by atoms with Crippen molar-refractivity contribution in [3.8, 4) is 0 Å². The van der Waals surface area contributed by atoms with Gasteiger partial charge in [0.25, 0.3) is 0 Å². The minimum atomic E-state index is -1.05. The van der Waals surface area contributed by atoms with Crippen molar-refractivity contribution in [3.05, 3.63) is 70.9 Å². The third kappa shape index (κ3) is 20.3. The van der Waals surface area contributed by atoms with Crippen LogP contribution in [0.25, 0.3) is 5.57 Å². The first-order valence-electron chi connectivity index (χ1n) is 17.4. The fraction of sp³-hybridized carbons (Fsp3) is 0.605. The van der Waals surface area contributed by atoms with E-state index >= 15 is 0 Å². The zero-order valence-corrected chi connectivity index (χ0v) is 32.2. The first-order valence-corrected chi connectivity index (χ1v) is 18.7. The molecule has 1 amide bonds. The molecule has 7 nitrogen and oxygen atoms in total. The Morgan fingerprint density at radius 3 is 2.17 bits per heavy atom. The first kappa shape index (κ1) is 45.3. The fourth-order valence-electron chi connectivity index (χ4n) is 4.73. The number of nitrogens with two attached hydrogens (primary N) is 1. The Labute approximate surface area is 285 Å². The molecule has 1 rings (SSSR count). The van der Waals surface area contributed by atoms with Gasteiger partial charge in [-0.15, -0.1) is 0 Å². The van der Waals surface area contributed by atoms with Gasteiger partial charge < -0.3 is 11.1 Å². The van der Waals surface area contributed by atoms with Crippen LogP contribution in [0, 0.1) is 11.8 Å². The highest BCUT2D eigenvalue weighted by molar-refractivity contribution is 7.83. The Morgan fingerprint density at radius 2 is 1.65 bits per heavy atom. The Balaban J connectivity index is 0. The van der Waals surface area contributed by atoms with Crippen molar-refractivity contribution in [1.29, 1.82) is 0 Å². The molecule has 0 aliphatic heterocycles. The quantitative estimate of drug-likeness (QED) is 0.0830. The maximum Gasteiger partial charge on any atom is 0.217 e. The van der Waals surface area contributed by atoms with Crippen LogP contribution in [0.4, 0.5) is 0 Å². The molecule has 0 fully saturated rings. The molecule has 4 unspecified atom stereocenters. The molecule has 0 aliphatic carbocycles. The van der Waals surface area contributed by atoms with E-state index in [1.807, 2.05) is 79.8 Å². The van der Waals surface area contributed by atoms with E-state index in [0.29, 0.717) is 24.0 Å². The van der Waals surface area contributed by atoms with Crippen LogP contribution < -0.4 is 15.8 Å². The molecule has 0 radical (unpaired) electrons. The summed E-state index contributed by atoms with van der Waals surface area (Å²) < 4.78 is 14.9. The van der Waals surface area contributed by atoms with Gasteiger partial charge in [0.05, 0.1) is 16.7 Å². The van der Waals surface area contributed by atoms with Gasteiger partial charge in [0.15, 0.2) is 0 Å². The number of hydrogen-bond acceptors (Lipinski definition) is 4. The third-order valence-corrected chi connectivity index (χ3v) is 8.22. The van der Waals surface area contributed by atoms with Crippen LogP contribution in [0.1, 0.15) is 140 Å². The van der Waals surface area contributed by atoms with Crippen molar-refractivity contribution in [1.82, 2.24) is 15.0 Å². The number of allylic oxidation sites excluding steroid dienone is 7. The third-order valence-electron chi connectivity index (χ3n) is 7.06. The lowest BCUT2D eigenvalue weighted by molar-refractivity contribution is -0.118. The largest absolute Gasteiger partial charge is 0.370 e. The van der Waals surface area contributed by atoms with Crippen LogP contribution in [0.2, 0.25) is 0 Å². The summed E-state index contributed by atoms with van der Waals surface area (Å²) in [4.78, 5) is 20.9. The number of aromatic nitrogens is 1. The van der Waals surface area contributed by atoms with Crippen molar-refractivity contribution in [2.75, 3.05) is 5.75 Å². The van der Waals surface area contributed by atoms with Crippen LogP contribution in [-0.4, -0.2) is 32.7 Å². The molecule has 0 saturated heterocycles. The molecule has 4 N–H and O–H groups in total. The first-order chi connectivity index (χ1) is 21.9. The van der Waals surface area contributed by atoms with Gasteiger partial charge in [0.1, 0.15) is 5.84 Å². The Bertz CT molecular complexity index is 1170. The molecule has 0 saturated carbocycles. The lowest BCUT2D eigenvalue weighted by Gasteiger charge is -2.19. The molecular formula is C38H67N5O2S. The summed E-state index contributed by atoms with van der Waals surface area (Å²) in [5, 5.41) is 3.43. The van der Waals surface area contributed by atoms with E-state index in [1.165, 1.54) is 5.57 Å². The number of primary amides is 1. The molecule has 0 bridgehead atoms. The summed E-state index contributed by atoms with van der Waals surface area (Å²) in [5.41, 5.74) is 11.5. The molecule has 1 heterocycles. The number of pyridine rings is 1. The van der Waals surface area contributed by atoms with Crippen molar-refractivity contribution in [3.63, 3.8) is 0 Å². The molecule has 0 aliphatic rings. The maximum absolute atomic E-state index is 11.9. The summed E-state index contributed by atoms with van der Waals surface area (Å²) in [6, 6.07) is 4.03. The molecule has 262 valence electrons. The van der Waals surface area contributed by atoms with E-state index < -0.39 is 11.0 Å². The molecule has 46 heavy (non-hydrogen) atoms. The molecule has 8 heteroatoms. The van der Waals surface area contributed by atoms with Crippen LogP contribution in [0.15, 0.2) is 64.6 Å². The molecule has 1 aromatic rings. The number of aliphatic imine (C=N–C) groups is 1. The molecular weight excluding hydrogens is 591 g/mol. The summed E-state index contributed by atoms with van der Waals surface area (Å²) >= 11 is 0. The van der Waals surface area contributed by atoms with E-state index in [0.717, 1.165) is 66.2 Å². The SMILES string of the molecule is CC.CC.CC/C=C(\C)N=C(N/C(C)=C/C(C)NS(=O)CC)c1ccc(/C(C)=C/C=C(\C)C(CCC)CCC(C)CC(N)=O)nc1. The van der Waals surface area contributed by atoms with E-state index in [1.54, 1.807) is 0 Å². The van der Waals surface area contributed by atoms with Crippen LogP contribution >= 0.6 is 0 Å². The number of amides is 1. The standard InChI is InChI=1S/C34H55N5O2S.2C2H6/c1-10-13-27(7)37-34(38-28(8)22-29(9)39-42(41)12-3)31-19-20-32(36-23-31)26(6)17-16-25(5)30(14-11-2)18-15-24(4)21-33(35)40;2*1-2/h13,16-17,19-20,22-24,29-30,39H,10-12,14-15,18,21H2,1-9H3,(H2,35,40)(H,37,38);2*1-2H3/b25-16+,26-17+,27-13+,28-22+;;. The van der Waals surface area contributed by atoms with Crippen molar-refractivity contribution in [2.45, 2.75) is 135 Å². The lowest BCUT2D eigenvalue weighted by Crippen LogP contribution is -2.30. The maximum atomic E-state index is 11.9. The van der Waals surface area contributed by atoms with Gasteiger partial charge in [-0.05, 0) is 95.9 Å². The number of hydrogen-bond donors (Lipinski definition) is 3. The van der Waals surface area contributed by atoms with E-state index in [2.05, 4.69) is 62.9 Å². The van der Waals surface area contributed by atoms with Gasteiger partial charge in [-0.25, -0.2) is 13.9 Å². The van der Waals surface area contributed by atoms with Gasteiger partial charge in [0.2, 0.25) is 5.91 Å². The number of carbonyl (C=O) groups is 1. The van der Waals surface area contributed by atoms with E-state index in [9.17, 15) is 9.00 Å². The second-order valence-electron chi connectivity index (χ2n) is 11.3. The van der Waals surface area contributed by atoms with Crippen molar-refractivity contribution in [2.24, 2.45) is 22.6 Å². The fourth-order valence-corrected chi connectivity index (χ4v) is 5.38. The highest BCUT2D eigenvalue weighted by Gasteiger charge is 2.14. The Hall–Kier alpha value is -2.84. The normalized spacial score (nSPS) is 15.5. The monoisotopic (exact) mass is 658 g/mol. The van der Waals surface area contributed by atoms with E-state index in [4.69, 9.17) is 15.7 Å². The average molecular weight is 658 g/mol. The summed E-state index contributed by atoms with van der Waals surface area (Å²) in [6.45, 7) is 26.5. The zero-order valence-electron chi connectivity index (χ0n) is 31.4. The van der Waals surface area contributed by atoms with Crippen LogP contribution in [0.5, 0.6) is 0 Å². The van der Waals surface area contributed by atoms with Gasteiger partial charge in [-0.3, -0.25) is 9.78 Å². The van der Waals surface area contributed by atoms with Gasteiger partial charge in [0, 0.05) is 41.4 Å². The predicted octanol–water partition coefficient (Wildman–Crippen LogP) is 9.41.